The van der Waals surface area contributed by atoms with Crippen LogP contribution in [0.5, 0.6) is 0 Å². The van der Waals surface area contributed by atoms with Gasteiger partial charge < -0.3 is 57.8 Å². The number of esters is 1. The lowest BCUT2D eigenvalue weighted by Gasteiger charge is -2.19. The number of rotatable bonds is 33. The number of amides is 1. The van der Waals surface area contributed by atoms with Gasteiger partial charge in [0.15, 0.2) is 0 Å². The van der Waals surface area contributed by atoms with Crippen LogP contribution >= 0.6 is 0 Å². The smallest absolute Gasteiger partial charge is 0.332 e. The molecule has 0 saturated heterocycles. The van der Waals surface area contributed by atoms with Gasteiger partial charge in [-0.1, -0.05) is 0 Å². The Hall–Kier alpha value is -1.95. The normalized spacial score (nSPS) is 11.5. The van der Waals surface area contributed by atoms with Crippen molar-refractivity contribution in [1.29, 1.82) is 0 Å². The third-order valence-electron chi connectivity index (χ3n) is 4.97. The number of nitrogens with one attached hydrogen (secondary N) is 1. The van der Waals surface area contributed by atoms with Crippen molar-refractivity contribution in [2.24, 2.45) is 0 Å². The van der Waals surface area contributed by atoms with Gasteiger partial charge in [-0.05, 0) is 27.2 Å². The van der Waals surface area contributed by atoms with E-state index >= 15 is 0 Å². The Labute approximate surface area is 261 Å². The summed E-state index contributed by atoms with van der Waals surface area (Å²) in [6, 6.07) is 0. The fourth-order valence-corrected chi connectivity index (χ4v) is 3.00. The van der Waals surface area contributed by atoms with Crippen LogP contribution in [0.25, 0.3) is 0 Å². The van der Waals surface area contributed by atoms with Gasteiger partial charge in [0.05, 0.1) is 112 Å². The summed E-state index contributed by atoms with van der Waals surface area (Å²) in [5.74, 6) is -1.65. The fraction of sp³-hybridized carbons (Fsp3) is 0.897. The highest BCUT2D eigenvalue weighted by atomic mass is 16.6. The van der Waals surface area contributed by atoms with E-state index < -0.39 is 17.5 Å². The molecule has 2 N–H and O–H groups in total. The van der Waals surface area contributed by atoms with E-state index in [2.05, 4.69) is 5.32 Å². The molecule has 0 spiro atoms. The van der Waals surface area contributed by atoms with E-state index in [4.69, 9.17) is 52.5 Å². The van der Waals surface area contributed by atoms with Gasteiger partial charge in [0, 0.05) is 19.6 Å². The van der Waals surface area contributed by atoms with Crippen LogP contribution in [0.15, 0.2) is 0 Å². The van der Waals surface area contributed by atoms with Gasteiger partial charge in [-0.2, -0.15) is 0 Å². The summed E-state index contributed by atoms with van der Waals surface area (Å²) >= 11 is 0. The summed E-state index contributed by atoms with van der Waals surface area (Å²) in [6.07, 6.45) is 0.468. The van der Waals surface area contributed by atoms with Gasteiger partial charge in [-0.15, -0.1) is 0 Å². The zero-order chi connectivity index (χ0) is 32.6. The van der Waals surface area contributed by atoms with Crippen LogP contribution in [-0.2, 0) is 61.8 Å². The second-order valence-electron chi connectivity index (χ2n) is 10.1. The Morgan fingerprint density at radius 2 is 0.864 bits per heavy atom. The predicted octanol–water partition coefficient (Wildman–Crippen LogP) is 0.849. The zero-order valence-corrected chi connectivity index (χ0v) is 26.8. The number of carbonyl (C=O) groups is 3. The number of carbonyl (C=O) groups excluding carboxylic acids is 2. The van der Waals surface area contributed by atoms with E-state index in [1.165, 1.54) is 0 Å². The Morgan fingerprint density at radius 1 is 0.523 bits per heavy atom. The third kappa shape index (κ3) is 36.2. The standard InChI is InChI=1S/C29H55NO14/c1-29(2,3)44-28(34)25-43-24-23-42-22-21-41-20-19-40-18-17-39-16-15-38-14-13-37-12-11-36-10-9-35-8-4-7-30-26(31)5-6-27(32)33/h4-25H2,1-3H3,(H,30,31)(H,32,33). The van der Waals surface area contributed by atoms with Crippen molar-refractivity contribution in [2.75, 3.05) is 125 Å². The first-order chi connectivity index (χ1) is 21.2. The molecule has 0 saturated carbocycles. The van der Waals surface area contributed by atoms with Crippen molar-refractivity contribution in [1.82, 2.24) is 5.32 Å². The Bertz CT molecular complexity index is 689. The topological polar surface area (TPSA) is 176 Å². The van der Waals surface area contributed by atoms with Crippen molar-refractivity contribution in [3.05, 3.63) is 0 Å². The molecular formula is C29H55NO14. The van der Waals surface area contributed by atoms with Gasteiger partial charge in [0.2, 0.25) is 5.91 Å². The molecule has 0 aliphatic carbocycles. The fourth-order valence-electron chi connectivity index (χ4n) is 3.00. The minimum Gasteiger partial charge on any atom is -0.481 e. The van der Waals surface area contributed by atoms with Crippen LogP contribution in [-0.4, -0.2) is 154 Å². The zero-order valence-electron chi connectivity index (χ0n) is 26.8. The van der Waals surface area contributed by atoms with Crippen LogP contribution in [0.1, 0.15) is 40.0 Å². The molecule has 0 aliphatic heterocycles. The van der Waals surface area contributed by atoms with E-state index in [-0.39, 0.29) is 25.4 Å². The first-order valence-electron chi connectivity index (χ1n) is 15.1. The molecule has 15 nitrogen and oxygen atoms in total. The first kappa shape index (κ1) is 42.0. The van der Waals surface area contributed by atoms with Crippen molar-refractivity contribution < 1.29 is 66.9 Å². The van der Waals surface area contributed by atoms with Gasteiger partial charge in [-0.3, -0.25) is 9.59 Å². The van der Waals surface area contributed by atoms with Crippen molar-refractivity contribution in [2.45, 2.75) is 45.6 Å². The average Bonchev–Trinajstić information content (AvgIpc) is 2.96. The van der Waals surface area contributed by atoms with E-state index in [9.17, 15) is 14.4 Å². The van der Waals surface area contributed by atoms with Crippen LogP contribution < -0.4 is 5.32 Å². The molecule has 0 aromatic rings. The Kier molecular flexibility index (Phi) is 29.7. The molecule has 0 bridgehead atoms. The third-order valence-corrected chi connectivity index (χ3v) is 4.97. The predicted molar refractivity (Wildman–Crippen MR) is 158 cm³/mol. The summed E-state index contributed by atoms with van der Waals surface area (Å²) in [5, 5.41) is 11.2. The number of aliphatic carboxylic acids is 1. The Balaban J connectivity index is 3.14. The minimum atomic E-state index is -0.985. The largest absolute Gasteiger partial charge is 0.481 e. The number of carboxylic acids is 1. The van der Waals surface area contributed by atoms with Crippen molar-refractivity contribution in [3.63, 3.8) is 0 Å². The molecule has 0 aromatic heterocycles. The molecule has 1 amide bonds. The maximum Gasteiger partial charge on any atom is 0.332 e. The van der Waals surface area contributed by atoms with E-state index in [1.807, 2.05) is 0 Å². The Morgan fingerprint density at radius 3 is 1.20 bits per heavy atom. The monoisotopic (exact) mass is 641 g/mol. The summed E-state index contributed by atoms with van der Waals surface area (Å²) < 4.78 is 53.7. The van der Waals surface area contributed by atoms with Gasteiger partial charge in [-0.25, -0.2) is 4.79 Å². The summed E-state index contributed by atoms with van der Waals surface area (Å²) in [4.78, 5) is 33.2. The van der Waals surface area contributed by atoms with Gasteiger partial charge >= 0.3 is 11.9 Å². The average molecular weight is 642 g/mol. The highest BCUT2D eigenvalue weighted by Crippen LogP contribution is 2.06. The molecule has 0 aliphatic rings. The molecule has 0 radical (unpaired) electrons. The quantitative estimate of drug-likeness (QED) is 0.0762. The minimum absolute atomic E-state index is 0.0130. The lowest BCUT2D eigenvalue weighted by Crippen LogP contribution is -2.27. The van der Waals surface area contributed by atoms with Gasteiger partial charge in [0.1, 0.15) is 12.2 Å². The molecule has 0 aromatic carbocycles. The second kappa shape index (κ2) is 31.0. The molecule has 0 atom stereocenters. The van der Waals surface area contributed by atoms with Gasteiger partial charge in [0.25, 0.3) is 0 Å². The molecule has 0 unspecified atom stereocenters. The second-order valence-corrected chi connectivity index (χ2v) is 10.1. The molecule has 0 fully saturated rings. The number of ether oxygens (including phenoxy) is 10. The number of carboxylic acid groups (broad SMARTS) is 1. The lowest BCUT2D eigenvalue weighted by atomic mass is 10.2. The maximum absolute atomic E-state index is 11.5. The summed E-state index contributed by atoms with van der Waals surface area (Å²) in [6.45, 7) is 13.4. The molecule has 15 heteroatoms. The maximum atomic E-state index is 11.5. The lowest BCUT2D eigenvalue weighted by molar-refractivity contribution is -0.160. The first-order valence-corrected chi connectivity index (χ1v) is 15.1. The van der Waals surface area contributed by atoms with Crippen LogP contribution in [0, 0.1) is 0 Å². The summed E-state index contributed by atoms with van der Waals surface area (Å²) in [5.41, 5.74) is -0.517. The molecule has 44 heavy (non-hydrogen) atoms. The summed E-state index contributed by atoms with van der Waals surface area (Å²) in [7, 11) is 0. The highest BCUT2D eigenvalue weighted by Gasteiger charge is 2.15. The number of hydrogen-bond donors (Lipinski definition) is 2. The SMILES string of the molecule is CC(C)(C)OC(=O)COCCOCCOCCOCCOCCOCCOCCOCCOCCCNC(=O)CCC(=O)O. The molecule has 0 heterocycles. The van der Waals surface area contributed by atoms with E-state index in [0.717, 1.165) is 0 Å². The number of hydrogen-bond acceptors (Lipinski definition) is 13. The van der Waals surface area contributed by atoms with Crippen LogP contribution in [0.4, 0.5) is 0 Å². The van der Waals surface area contributed by atoms with Crippen LogP contribution in [0.3, 0.4) is 0 Å². The van der Waals surface area contributed by atoms with Crippen LogP contribution in [0.2, 0.25) is 0 Å². The molecule has 0 rings (SSSR count). The van der Waals surface area contributed by atoms with Crippen molar-refractivity contribution in [3.8, 4) is 0 Å². The van der Waals surface area contributed by atoms with Crippen molar-refractivity contribution >= 4 is 17.8 Å². The highest BCUT2D eigenvalue weighted by molar-refractivity contribution is 5.80. The van der Waals surface area contributed by atoms with E-state index in [1.54, 1.807) is 20.8 Å². The molecule has 260 valence electrons. The van der Waals surface area contributed by atoms with E-state index in [0.29, 0.717) is 125 Å². The molecular weight excluding hydrogens is 586 g/mol.